The van der Waals surface area contributed by atoms with Crippen LogP contribution in [0.15, 0.2) is 12.3 Å². The van der Waals surface area contributed by atoms with E-state index in [-0.39, 0.29) is 18.8 Å². The quantitative estimate of drug-likeness (QED) is 0.588. The number of alkyl halides is 2. The molecule has 1 saturated carbocycles. The lowest BCUT2D eigenvalue weighted by Gasteiger charge is -2.25. The van der Waals surface area contributed by atoms with Crippen molar-refractivity contribution >= 4 is 0 Å². The molecule has 0 N–H and O–H groups in total. The molecule has 0 heterocycles. The Morgan fingerprint density at radius 2 is 1.92 bits per heavy atom. The minimum absolute atomic E-state index is 0.0196. The third-order valence-corrected chi connectivity index (χ3v) is 2.25. The van der Waals surface area contributed by atoms with Crippen LogP contribution in [0.5, 0.6) is 0 Å². The van der Waals surface area contributed by atoms with Gasteiger partial charge in [-0.3, -0.25) is 0 Å². The molecule has 0 radical (unpaired) electrons. The summed E-state index contributed by atoms with van der Waals surface area (Å²) in [5.41, 5.74) is 0. The molecule has 1 aliphatic carbocycles. The van der Waals surface area contributed by atoms with Crippen molar-refractivity contribution in [1.82, 2.24) is 0 Å². The summed E-state index contributed by atoms with van der Waals surface area (Å²) in [5, 5.41) is 0. The van der Waals surface area contributed by atoms with E-state index in [1.165, 1.54) is 0 Å². The summed E-state index contributed by atoms with van der Waals surface area (Å²) in [6.07, 6.45) is 4.64. The van der Waals surface area contributed by atoms with Gasteiger partial charge in [-0.15, -0.1) is 0 Å². The van der Waals surface area contributed by atoms with Crippen LogP contribution in [0.1, 0.15) is 25.7 Å². The van der Waals surface area contributed by atoms with E-state index in [4.69, 9.17) is 4.74 Å². The van der Waals surface area contributed by atoms with E-state index < -0.39 is 5.92 Å². The molecule has 0 saturated heterocycles. The van der Waals surface area contributed by atoms with Crippen LogP contribution in [0.25, 0.3) is 0 Å². The molecule has 1 rings (SSSR count). The van der Waals surface area contributed by atoms with E-state index in [2.05, 4.69) is 0 Å². The van der Waals surface area contributed by atoms with Crippen LogP contribution in [-0.4, -0.2) is 13.0 Å². The van der Waals surface area contributed by atoms with Crippen LogP contribution in [0, 0.1) is 5.92 Å². The first kappa shape index (κ1) is 9.49. The fourth-order valence-electron chi connectivity index (χ4n) is 1.44. The molecule has 0 atom stereocenters. The van der Waals surface area contributed by atoms with Gasteiger partial charge in [-0.2, -0.15) is 0 Å². The van der Waals surface area contributed by atoms with Crippen molar-refractivity contribution in [2.24, 2.45) is 5.92 Å². The number of rotatable bonds is 2. The first-order valence-corrected chi connectivity index (χ1v) is 4.21. The van der Waals surface area contributed by atoms with Gasteiger partial charge in [-0.25, -0.2) is 8.78 Å². The average molecular weight is 176 g/mol. The van der Waals surface area contributed by atoms with Gasteiger partial charge < -0.3 is 4.74 Å². The summed E-state index contributed by atoms with van der Waals surface area (Å²) >= 11 is 0. The molecule has 12 heavy (non-hydrogen) atoms. The second-order valence-electron chi connectivity index (χ2n) is 3.26. The number of halogens is 2. The molecule has 1 nitrogen and oxygen atoms in total. The third-order valence-electron chi connectivity index (χ3n) is 2.25. The summed E-state index contributed by atoms with van der Waals surface area (Å²) < 4.78 is 30.0. The molecule has 0 unspecified atom stereocenters. The van der Waals surface area contributed by atoms with E-state index in [0.29, 0.717) is 12.8 Å². The van der Waals surface area contributed by atoms with Gasteiger partial charge in [-0.05, 0) is 24.8 Å². The molecular formula is C9H14F2O. The van der Waals surface area contributed by atoms with Crippen molar-refractivity contribution in [2.75, 3.05) is 7.11 Å². The molecule has 1 aliphatic rings. The number of hydrogen-bond acceptors (Lipinski definition) is 1. The lowest BCUT2D eigenvalue weighted by atomic mass is 9.87. The summed E-state index contributed by atoms with van der Waals surface area (Å²) in [6.45, 7) is 0. The van der Waals surface area contributed by atoms with Gasteiger partial charge in [0.05, 0.1) is 13.4 Å². The Morgan fingerprint density at radius 3 is 2.42 bits per heavy atom. The van der Waals surface area contributed by atoms with Crippen molar-refractivity contribution in [3.8, 4) is 0 Å². The van der Waals surface area contributed by atoms with E-state index in [0.717, 1.165) is 0 Å². The molecule has 0 spiro atoms. The van der Waals surface area contributed by atoms with Crippen LogP contribution in [0.4, 0.5) is 8.78 Å². The predicted molar refractivity (Wildman–Crippen MR) is 43.1 cm³/mol. The van der Waals surface area contributed by atoms with Crippen molar-refractivity contribution in [3.05, 3.63) is 12.3 Å². The summed E-state index contributed by atoms with van der Waals surface area (Å²) in [7, 11) is 1.56. The molecule has 0 bridgehead atoms. The SMILES string of the molecule is CO/C=C/C1CCC(F)(F)CC1. The highest BCUT2D eigenvalue weighted by Gasteiger charge is 2.33. The molecule has 0 aliphatic heterocycles. The molecule has 70 valence electrons. The van der Waals surface area contributed by atoms with Gasteiger partial charge in [0.25, 0.3) is 0 Å². The molecule has 0 aromatic heterocycles. The minimum Gasteiger partial charge on any atom is -0.505 e. The minimum atomic E-state index is -2.42. The number of hydrogen-bond donors (Lipinski definition) is 0. The van der Waals surface area contributed by atoms with Crippen molar-refractivity contribution in [1.29, 1.82) is 0 Å². The maximum atomic E-state index is 12.6. The van der Waals surface area contributed by atoms with Crippen LogP contribution in [-0.2, 0) is 4.74 Å². The normalized spacial score (nSPS) is 24.6. The van der Waals surface area contributed by atoms with Gasteiger partial charge in [0.2, 0.25) is 5.92 Å². The van der Waals surface area contributed by atoms with Crippen LogP contribution in [0.2, 0.25) is 0 Å². The van der Waals surface area contributed by atoms with Crippen LogP contribution >= 0.6 is 0 Å². The van der Waals surface area contributed by atoms with Gasteiger partial charge in [0.1, 0.15) is 0 Å². The topological polar surface area (TPSA) is 9.23 Å². The number of methoxy groups -OCH3 is 1. The molecular weight excluding hydrogens is 162 g/mol. The highest BCUT2D eigenvalue weighted by Crippen LogP contribution is 2.36. The fraction of sp³-hybridized carbons (Fsp3) is 0.778. The summed E-state index contributed by atoms with van der Waals surface area (Å²) in [4.78, 5) is 0. The molecule has 0 amide bonds. The average Bonchev–Trinajstić information content (AvgIpc) is 2.03. The van der Waals surface area contributed by atoms with E-state index >= 15 is 0 Å². The van der Waals surface area contributed by atoms with Gasteiger partial charge in [0, 0.05) is 12.8 Å². The Balaban J connectivity index is 2.31. The van der Waals surface area contributed by atoms with E-state index in [1.807, 2.05) is 6.08 Å². The Bertz CT molecular complexity index is 156. The third kappa shape index (κ3) is 2.80. The molecule has 3 heteroatoms. The second kappa shape index (κ2) is 3.87. The molecule has 1 fully saturated rings. The van der Waals surface area contributed by atoms with Crippen LogP contribution < -0.4 is 0 Å². The fourth-order valence-corrected chi connectivity index (χ4v) is 1.44. The van der Waals surface area contributed by atoms with Gasteiger partial charge in [-0.1, -0.05) is 0 Å². The van der Waals surface area contributed by atoms with Crippen LogP contribution in [0.3, 0.4) is 0 Å². The monoisotopic (exact) mass is 176 g/mol. The van der Waals surface area contributed by atoms with Crippen molar-refractivity contribution in [2.45, 2.75) is 31.6 Å². The first-order chi connectivity index (χ1) is 5.64. The lowest BCUT2D eigenvalue weighted by molar-refractivity contribution is -0.0412. The molecule has 0 aromatic rings. The Kier molecular flexibility index (Phi) is 3.06. The predicted octanol–water partition coefficient (Wildman–Crippen LogP) is 2.97. The van der Waals surface area contributed by atoms with Crippen molar-refractivity contribution < 1.29 is 13.5 Å². The maximum absolute atomic E-state index is 12.6. The van der Waals surface area contributed by atoms with E-state index in [1.54, 1.807) is 13.4 Å². The zero-order valence-electron chi connectivity index (χ0n) is 7.22. The van der Waals surface area contributed by atoms with Gasteiger partial charge >= 0.3 is 0 Å². The lowest BCUT2D eigenvalue weighted by Crippen LogP contribution is -2.23. The zero-order valence-corrected chi connectivity index (χ0v) is 7.22. The smallest absolute Gasteiger partial charge is 0.248 e. The first-order valence-electron chi connectivity index (χ1n) is 4.21. The number of allylic oxidation sites excluding steroid dienone is 1. The number of ether oxygens (including phenoxy) is 1. The highest BCUT2D eigenvalue weighted by atomic mass is 19.3. The Labute approximate surface area is 71.4 Å². The standard InChI is InChI=1S/C9H14F2O/c1-12-7-4-8-2-5-9(10,11)6-3-8/h4,7-8H,2-3,5-6H2,1H3/b7-4+. The largest absolute Gasteiger partial charge is 0.505 e. The maximum Gasteiger partial charge on any atom is 0.248 e. The van der Waals surface area contributed by atoms with Gasteiger partial charge in [0.15, 0.2) is 0 Å². The Hall–Kier alpha value is -0.600. The Morgan fingerprint density at radius 1 is 1.33 bits per heavy atom. The second-order valence-corrected chi connectivity index (χ2v) is 3.26. The van der Waals surface area contributed by atoms with E-state index in [9.17, 15) is 8.78 Å². The summed E-state index contributed by atoms with van der Waals surface area (Å²) in [6, 6.07) is 0. The highest BCUT2D eigenvalue weighted by molar-refractivity contribution is 4.89. The summed E-state index contributed by atoms with van der Waals surface area (Å²) in [5.74, 6) is -2.14. The zero-order chi connectivity index (χ0) is 9.03. The molecule has 0 aromatic carbocycles. The van der Waals surface area contributed by atoms with Crippen molar-refractivity contribution in [3.63, 3.8) is 0 Å².